The van der Waals surface area contributed by atoms with Gasteiger partial charge in [-0.1, -0.05) is 0 Å². The van der Waals surface area contributed by atoms with E-state index >= 15 is 0 Å². The van der Waals surface area contributed by atoms with Crippen molar-refractivity contribution < 1.29 is 13.7 Å². The molecule has 0 aromatic carbocycles. The Balaban J connectivity index is 1.63. The fraction of sp³-hybridized carbons (Fsp3) is 0.176. The van der Waals surface area contributed by atoms with Gasteiger partial charge in [0.1, 0.15) is 23.7 Å². The minimum absolute atomic E-state index is 0.131. The van der Waals surface area contributed by atoms with Crippen LogP contribution in [-0.2, 0) is 13.1 Å². The van der Waals surface area contributed by atoms with Crippen molar-refractivity contribution in [2.24, 2.45) is 0 Å². The lowest BCUT2D eigenvalue weighted by Gasteiger charge is -2.11. The zero-order chi connectivity index (χ0) is 16.5. The van der Waals surface area contributed by atoms with E-state index in [1.807, 2.05) is 36.7 Å². The predicted octanol–water partition coefficient (Wildman–Crippen LogP) is 2.05. The average molecular weight is 342 g/mol. The van der Waals surface area contributed by atoms with Crippen LogP contribution in [0.1, 0.15) is 11.6 Å². The maximum Gasteiger partial charge on any atom is 0.260 e. The van der Waals surface area contributed by atoms with Gasteiger partial charge in [-0.3, -0.25) is 4.79 Å². The molecule has 2 N–H and O–H groups in total. The summed E-state index contributed by atoms with van der Waals surface area (Å²) in [5, 5.41) is 2.50. The zero-order valence-electron chi connectivity index (χ0n) is 13.0. The standard InChI is InChI=1S/C17H15N3O3S/c1-20(8-11-4-2-6-22-11)9-14-18-16(21)15-12(10-24-17(15)19-14)13-5-3-7-23-13/h2-7,10H,8-9H2,1H3,(H,18,19,21)/p+1. The van der Waals surface area contributed by atoms with Crippen molar-refractivity contribution in [1.29, 1.82) is 0 Å². The summed E-state index contributed by atoms with van der Waals surface area (Å²) in [4.78, 5) is 21.9. The third kappa shape index (κ3) is 2.79. The van der Waals surface area contributed by atoms with Gasteiger partial charge in [-0.2, -0.15) is 0 Å². The smallest absolute Gasteiger partial charge is 0.260 e. The summed E-state index contributed by atoms with van der Waals surface area (Å²) in [6.45, 7) is 1.34. The molecule has 1 atom stereocenters. The maximum atomic E-state index is 12.5. The van der Waals surface area contributed by atoms with Gasteiger partial charge in [0.25, 0.3) is 5.56 Å². The number of aromatic nitrogens is 2. The number of furan rings is 2. The molecule has 7 heteroatoms. The highest BCUT2D eigenvalue weighted by Gasteiger charge is 2.16. The number of fused-ring (bicyclic) bond motifs is 1. The third-order valence-corrected chi connectivity index (χ3v) is 4.68. The molecule has 0 bridgehead atoms. The summed E-state index contributed by atoms with van der Waals surface area (Å²) in [7, 11) is 2.04. The van der Waals surface area contributed by atoms with Crippen LogP contribution in [0.25, 0.3) is 21.5 Å². The van der Waals surface area contributed by atoms with Crippen molar-refractivity contribution >= 4 is 21.6 Å². The summed E-state index contributed by atoms with van der Waals surface area (Å²) in [6, 6.07) is 7.46. The van der Waals surface area contributed by atoms with Crippen molar-refractivity contribution in [3.05, 3.63) is 64.1 Å². The van der Waals surface area contributed by atoms with Gasteiger partial charge < -0.3 is 18.7 Å². The van der Waals surface area contributed by atoms with Gasteiger partial charge in [0.05, 0.1) is 25.0 Å². The van der Waals surface area contributed by atoms with Crippen LogP contribution in [0.5, 0.6) is 0 Å². The first-order valence-electron chi connectivity index (χ1n) is 7.58. The quantitative estimate of drug-likeness (QED) is 0.582. The second-order valence-electron chi connectivity index (χ2n) is 5.71. The van der Waals surface area contributed by atoms with E-state index in [1.54, 1.807) is 12.5 Å². The van der Waals surface area contributed by atoms with Crippen LogP contribution in [0.4, 0.5) is 0 Å². The van der Waals surface area contributed by atoms with Crippen LogP contribution in [0.15, 0.2) is 55.8 Å². The first-order valence-corrected chi connectivity index (χ1v) is 8.46. The van der Waals surface area contributed by atoms with Crippen LogP contribution in [0.3, 0.4) is 0 Å². The van der Waals surface area contributed by atoms with Crippen LogP contribution < -0.4 is 10.5 Å². The van der Waals surface area contributed by atoms with E-state index in [1.165, 1.54) is 16.2 Å². The second kappa shape index (κ2) is 6.10. The fourth-order valence-corrected chi connectivity index (χ4v) is 3.70. The van der Waals surface area contributed by atoms with Gasteiger partial charge in [0.15, 0.2) is 11.6 Å². The first-order chi connectivity index (χ1) is 11.7. The first kappa shape index (κ1) is 14.9. The monoisotopic (exact) mass is 342 g/mol. The zero-order valence-corrected chi connectivity index (χ0v) is 13.9. The Labute approximate surface area is 141 Å². The summed E-state index contributed by atoms with van der Waals surface area (Å²) in [6.07, 6.45) is 3.26. The topological polar surface area (TPSA) is 76.5 Å². The summed E-state index contributed by atoms with van der Waals surface area (Å²) < 4.78 is 10.8. The number of aromatic amines is 1. The van der Waals surface area contributed by atoms with Gasteiger partial charge in [0.2, 0.25) is 0 Å². The molecule has 1 unspecified atom stereocenters. The van der Waals surface area contributed by atoms with Crippen LogP contribution in [-0.4, -0.2) is 17.0 Å². The molecule has 4 heterocycles. The maximum absolute atomic E-state index is 12.5. The number of nitrogens with zero attached hydrogens (tertiary/aromatic N) is 1. The van der Waals surface area contributed by atoms with Crippen molar-refractivity contribution in [2.75, 3.05) is 7.05 Å². The minimum Gasteiger partial charge on any atom is -0.464 e. The Kier molecular flexibility index (Phi) is 3.79. The highest BCUT2D eigenvalue weighted by atomic mass is 32.1. The molecule has 4 aromatic heterocycles. The lowest BCUT2D eigenvalue weighted by molar-refractivity contribution is -0.909. The summed E-state index contributed by atoms with van der Waals surface area (Å²) in [5.74, 6) is 2.26. The second-order valence-corrected chi connectivity index (χ2v) is 6.57. The molecule has 0 aliphatic rings. The number of hydrogen-bond donors (Lipinski definition) is 2. The Morgan fingerprint density at radius 2 is 2.04 bits per heavy atom. The van der Waals surface area contributed by atoms with Crippen molar-refractivity contribution in [3.63, 3.8) is 0 Å². The molecule has 4 aromatic rings. The highest BCUT2D eigenvalue weighted by Crippen LogP contribution is 2.30. The van der Waals surface area contributed by atoms with Crippen molar-refractivity contribution in [3.8, 4) is 11.3 Å². The molecular formula is C17H16N3O3S+. The van der Waals surface area contributed by atoms with E-state index < -0.39 is 0 Å². The molecule has 0 saturated carbocycles. The summed E-state index contributed by atoms with van der Waals surface area (Å²) in [5.41, 5.74) is 0.657. The number of hydrogen-bond acceptors (Lipinski definition) is 5. The molecule has 6 nitrogen and oxygen atoms in total. The molecule has 0 fully saturated rings. The largest absolute Gasteiger partial charge is 0.464 e. The van der Waals surface area contributed by atoms with Gasteiger partial charge >= 0.3 is 0 Å². The van der Waals surface area contributed by atoms with Crippen LogP contribution >= 0.6 is 11.3 Å². The highest BCUT2D eigenvalue weighted by molar-refractivity contribution is 7.17. The Hall–Kier alpha value is -2.64. The van der Waals surface area contributed by atoms with Gasteiger partial charge in [-0.05, 0) is 24.3 Å². The summed E-state index contributed by atoms with van der Waals surface area (Å²) >= 11 is 1.45. The van der Waals surface area contributed by atoms with Gasteiger partial charge in [-0.25, -0.2) is 4.98 Å². The number of rotatable bonds is 5. The average Bonchev–Trinajstić information content (AvgIpc) is 3.27. The van der Waals surface area contributed by atoms with E-state index in [4.69, 9.17) is 8.83 Å². The van der Waals surface area contributed by atoms with Crippen molar-refractivity contribution in [2.45, 2.75) is 13.1 Å². The van der Waals surface area contributed by atoms with E-state index in [9.17, 15) is 4.79 Å². The number of thiophene rings is 1. The lowest BCUT2D eigenvalue weighted by Crippen LogP contribution is -3.06. The van der Waals surface area contributed by atoms with Crippen LogP contribution in [0.2, 0.25) is 0 Å². The van der Waals surface area contributed by atoms with Crippen molar-refractivity contribution in [1.82, 2.24) is 9.97 Å². The Bertz CT molecular complexity index is 1000. The minimum atomic E-state index is -0.131. The molecule has 0 aliphatic carbocycles. The molecular weight excluding hydrogens is 326 g/mol. The normalized spacial score (nSPS) is 12.7. The number of H-pyrrole nitrogens is 1. The SMILES string of the molecule is C[NH+](Cc1nc2scc(-c3ccco3)c2c(=O)[nH]1)Cc1ccco1. The van der Waals surface area contributed by atoms with Gasteiger partial charge in [-0.15, -0.1) is 11.3 Å². The van der Waals surface area contributed by atoms with E-state index in [2.05, 4.69) is 9.97 Å². The predicted molar refractivity (Wildman–Crippen MR) is 90.9 cm³/mol. The lowest BCUT2D eigenvalue weighted by atomic mass is 10.2. The molecule has 0 radical (unpaired) electrons. The Morgan fingerprint density at radius 1 is 1.21 bits per heavy atom. The molecule has 4 rings (SSSR count). The molecule has 122 valence electrons. The Morgan fingerprint density at radius 3 is 2.79 bits per heavy atom. The molecule has 0 aliphatic heterocycles. The van der Waals surface area contributed by atoms with Crippen LogP contribution in [0, 0.1) is 0 Å². The van der Waals surface area contributed by atoms with Gasteiger partial charge in [0, 0.05) is 10.9 Å². The molecule has 0 saturated heterocycles. The fourth-order valence-electron chi connectivity index (χ4n) is 2.75. The van der Waals surface area contributed by atoms with E-state index in [0.717, 1.165) is 22.7 Å². The van der Waals surface area contributed by atoms with E-state index in [0.29, 0.717) is 23.5 Å². The molecule has 0 amide bonds. The van der Waals surface area contributed by atoms with E-state index in [-0.39, 0.29) is 5.56 Å². The number of nitrogens with one attached hydrogen (secondary N) is 2. The molecule has 0 spiro atoms. The molecule has 24 heavy (non-hydrogen) atoms. The number of quaternary nitrogens is 1. The third-order valence-electron chi connectivity index (χ3n) is 3.80.